The van der Waals surface area contributed by atoms with Crippen molar-refractivity contribution < 1.29 is 0 Å². The zero-order chi connectivity index (χ0) is 11.4. The molecule has 3 heteroatoms. The molecule has 0 aliphatic heterocycles. The summed E-state index contributed by atoms with van der Waals surface area (Å²) in [5.74, 6) is 0.889. The van der Waals surface area contributed by atoms with E-state index in [2.05, 4.69) is 24.3 Å². The molecule has 1 fully saturated rings. The van der Waals surface area contributed by atoms with Gasteiger partial charge in [0.05, 0.1) is 6.54 Å². The Morgan fingerprint density at radius 3 is 2.75 bits per heavy atom. The Labute approximate surface area is 98.2 Å². The van der Waals surface area contributed by atoms with Crippen molar-refractivity contribution in [1.29, 1.82) is 0 Å². The van der Waals surface area contributed by atoms with Gasteiger partial charge in [-0.15, -0.1) is 0 Å². The van der Waals surface area contributed by atoms with Gasteiger partial charge in [-0.2, -0.15) is 5.10 Å². The Hall–Kier alpha value is -0.830. The number of nitrogens with one attached hydrogen (secondary N) is 1. The monoisotopic (exact) mass is 221 g/mol. The van der Waals surface area contributed by atoms with Gasteiger partial charge < -0.3 is 5.32 Å². The highest BCUT2D eigenvalue weighted by Gasteiger charge is 2.22. The van der Waals surface area contributed by atoms with Crippen molar-refractivity contribution in [2.45, 2.75) is 58.2 Å². The maximum absolute atomic E-state index is 4.24. The van der Waals surface area contributed by atoms with Gasteiger partial charge in [0.25, 0.3) is 0 Å². The third-order valence-electron chi connectivity index (χ3n) is 3.67. The topological polar surface area (TPSA) is 29.9 Å². The molecule has 1 saturated carbocycles. The third kappa shape index (κ3) is 3.08. The highest BCUT2D eigenvalue weighted by Crippen LogP contribution is 2.27. The standard InChI is InChI=1S/C13H23N3/c1-11(10-16-9-5-8-14-16)15-12(2)13-6-3-4-7-13/h5,8-9,11-13,15H,3-4,6-7,10H2,1-2H3. The van der Waals surface area contributed by atoms with E-state index >= 15 is 0 Å². The first-order chi connectivity index (χ1) is 7.75. The average molecular weight is 221 g/mol. The quantitative estimate of drug-likeness (QED) is 0.827. The van der Waals surface area contributed by atoms with Crippen LogP contribution in [0.3, 0.4) is 0 Å². The molecule has 0 amide bonds. The van der Waals surface area contributed by atoms with Crippen molar-refractivity contribution >= 4 is 0 Å². The van der Waals surface area contributed by atoms with E-state index in [0.717, 1.165) is 12.5 Å². The molecular formula is C13H23N3. The first-order valence-electron chi connectivity index (χ1n) is 6.49. The van der Waals surface area contributed by atoms with Crippen LogP contribution in [0.2, 0.25) is 0 Å². The van der Waals surface area contributed by atoms with Gasteiger partial charge in [-0.1, -0.05) is 12.8 Å². The molecule has 1 aromatic rings. The largest absolute Gasteiger partial charge is 0.310 e. The number of hydrogen-bond donors (Lipinski definition) is 1. The Morgan fingerprint density at radius 2 is 2.12 bits per heavy atom. The lowest BCUT2D eigenvalue weighted by Crippen LogP contribution is -2.40. The minimum absolute atomic E-state index is 0.496. The lowest BCUT2D eigenvalue weighted by molar-refractivity contribution is 0.327. The van der Waals surface area contributed by atoms with E-state index in [-0.39, 0.29) is 0 Å². The Bertz CT molecular complexity index is 288. The van der Waals surface area contributed by atoms with Crippen LogP contribution in [0, 0.1) is 5.92 Å². The second kappa shape index (κ2) is 5.48. The van der Waals surface area contributed by atoms with Crippen LogP contribution in [0.15, 0.2) is 18.5 Å². The number of nitrogens with zero attached hydrogens (tertiary/aromatic N) is 2. The van der Waals surface area contributed by atoms with Crippen molar-refractivity contribution in [3.63, 3.8) is 0 Å². The summed E-state index contributed by atoms with van der Waals surface area (Å²) in [6.07, 6.45) is 9.52. The third-order valence-corrected chi connectivity index (χ3v) is 3.67. The summed E-state index contributed by atoms with van der Waals surface area (Å²) in [7, 11) is 0. The minimum atomic E-state index is 0.496. The molecule has 0 radical (unpaired) electrons. The van der Waals surface area contributed by atoms with Crippen LogP contribution in [0.5, 0.6) is 0 Å². The van der Waals surface area contributed by atoms with Gasteiger partial charge in [0.15, 0.2) is 0 Å². The molecule has 2 unspecified atom stereocenters. The van der Waals surface area contributed by atoms with Crippen molar-refractivity contribution in [2.24, 2.45) is 5.92 Å². The lowest BCUT2D eigenvalue weighted by atomic mass is 9.99. The van der Waals surface area contributed by atoms with E-state index in [0.29, 0.717) is 12.1 Å². The van der Waals surface area contributed by atoms with Gasteiger partial charge in [-0.05, 0) is 38.7 Å². The second-order valence-corrected chi connectivity index (χ2v) is 5.13. The molecule has 16 heavy (non-hydrogen) atoms. The van der Waals surface area contributed by atoms with Crippen molar-refractivity contribution in [1.82, 2.24) is 15.1 Å². The van der Waals surface area contributed by atoms with E-state index in [1.54, 1.807) is 0 Å². The second-order valence-electron chi connectivity index (χ2n) is 5.13. The molecule has 1 aliphatic rings. The van der Waals surface area contributed by atoms with Crippen molar-refractivity contribution in [3.8, 4) is 0 Å². The maximum Gasteiger partial charge on any atom is 0.0560 e. The van der Waals surface area contributed by atoms with Crippen LogP contribution >= 0.6 is 0 Å². The molecule has 2 atom stereocenters. The molecule has 0 spiro atoms. The van der Waals surface area contributed by atoms with Gasteiger partial charge in [0.2, 0.25) is 0 Å². The molecule has 0 aromatic carbocycles. The van der Waals surface area contributed by atoms with Crippen LogP contribution in [0.25, 0.3) is 0 Å². The Balaban J connectivity index is 1.75. The molecular weight excluding hydrogens is 198 g/mol. The Morgan fingerprint density at radius 1 is 1.38 bits per heavy atom. The summed E-state index contributed by atoms with van der Waals surface area (Å²) >= 11 is 0. The summed E-state index contributed by atoms with van der Waals surface area (Å²) in [6, 6.07) is 3.12. The van der Waals surface area contributed by atoms with Gasteiger partial charge in [0.1, 0.15) is 0 Å². The fraction of sp³-hybridized carbons (Fsp3) is 0.769. The van der Waals surface area contributed by atoms with Crippen LogP contribution in [0.4, 0.5) is 0 Å². The fourth-order valence-corrected chi connectivity index (χ4v) is 2.78. The number of rotatable bonds is 5. The highest BCUT2D eigenvalue weighted by molar-refractivity contribution is 4.82. The maximum atomic E-state index is 4.24. The zero-order valence-corrected chi connectivity index (χ0v) is 10.4. The lowest BCUT2D eigenvalue weighted by Gasteiger charge is -2.24. The molecule has 1 heterocycles. The summed E-state index contributed by atoms with van der Waals surface area (Å²) < 4.78 is 2.00. The van der Waals surface area contributed by atoms with E-state index in [1.165, 1.54) is 25.7 Å². The molecule has 1 N–H and O–H groups in total. The highest BCUT2D eigenvalue weighted by atomic mass is 15.3. The minimum Gasteiger partial charge on any atom is -0.310 e. The zero-order valence-electron chi connectivity index (χ0n) is 10.4. The van der Waals surface area contributed by atoms with Gasteiger partial charge in [0, 0.05) is 24.5 Å². The molecule has 2 rings (SSSR count). The average Bonchev–Trinajstić information content (AvgIpc) is 2.88. The van der Waals surface area contributed by atoms with Crippen LogP contribution in [-0.2, 0) is 6.54 Å². The first-order valence-corrected chi connectivity index (χ1v) is 6.49. The molecule has 0 saturated heterocycles. The van der Waals surface area contributed by atoms with E-state index in [1.807, 2.05) is 23.1 Å². The molecule has 1 aliphatic carbocycles. The van der Waals surface area contributed by atoms with Gasteiger partial charge in [-0.3, -0.25) is 4.68 Å². The summed E-state index contributed by atoms with van der Waals surface area (Å²) in [6.45, 7) is 5.53. The number of hydrogen-bond acceptors (Lipinski definition) is 2. The molecule has 90 valence electrons. The van der Waals surface area contributed by atoms with E-state index in [9.17, 15) is 0 Å². The summed E-state index contributed by atoms with van der Waals surface area (Å²) in [5, 5.41) is 7.94. The first kappa shape index (κ1) is 11.6. The molecule has 0 bridgehead atoms. The fourth-order valence-electron chi connectivity index (χ4n) is 2.78. The van der Waals surface area contributed by atoms with Gasteiger partial charge in [-0.25, -0.2) is 0 Å². The van der Waals surface area contributed by atoms with Crippen LogP contribution in [0.1, 0.15) is 39.5 Å². The SMILES string of the molecule is CC(Cn1cccn1)NC(C)C1CCCC1. The predicted molar refractivity (Wildman–Crippen MR) is 66.2 cm³/mol. The Kier molecular flexibility index (Phi) is 3.99. The van der Waals surface area contributed by atoms with E-state index in [4.69, 9.17) is 0 Å². The van der Waals surface area contributed by atoms with Crippen LogP contribution < -0.4 is 5.32 Å². The summed E-state index contributed by atoms with van der Waals surface area (Å²) in [5.41, 5.74) is 0. The predicted octanol–water partition coefficient (Wildman–Crippen LogP) is 2.44. The normalized spacial score (nSPS) is 21.1. The molecule has 3 nitrogen and oxygen atoms in total. The van der Waals surface area contributed by atoms with Gasteiger partial charge >= 0.3 is 0 Å². The molecule has 1 aromatic heterocycles. The summed E-state index contributed by atoms with van der Waals surface area (Å²) in [4.78, 5) is 0. The smallest absolute Gasteiger partial charge is 0.0560 e. The van der Waals surface area contributed by atoms with Crippen molar-refractivity contribution in [2.75, 3.05) is 0 Å². The van der Waals surface area contributed by atoms with Crippen LogP contribution in [-0.4, -0.2) is 21.9 Å². The van der Waals surface area contributed by atoms with E-state index < -0.39 is 0 Å². The number of aromatic nitrogens is 2. The van der Waals surface area contributed by atoms with Crippen molar-refractivity contribution in [3.05, 3.63) is 18.5 Å².